The molecule has 3 aromatic heterocycles. The van der Waals surface area contributed by atoms with E-state index in [1.54, 1.807) is 55.3 Å². The number of aromatic nitrogens is 6. The van der Waals surface area contributed by atoms with Gasteiger partial charge in [0.25, 0.3) is 0 Å². The van der Waals surface area contributed by atoms with Gasteiger partial charge in [0.2, 0.25) is 5.95 Å². The van der Waals surface area contributed by atoms with Crippen molar-refractivity contribution in [3.05, 3.63) is 103 Å². The number of hydrogen-bond donors (Lipinski definition) is 1. The third-order valence-electron chi connectivity index (χ3n) is 5.69. The molecule has 5 aromatic rings. The highest BCUT2D eigenvalue weighted by atomic mass is 35.5. The summed E-state index contributed by atoms with van der Waals surface area (Å²) in [4.78, 5) is 34.8. The fraction of sp³-hybridized carbons (Fsp3) is 0.120. The van der Waals surface area contributed by atoms with Gasteiger partial charge in [0.15, 0.2) is 11.6 Å². The molecule has 0 aliphatic carbocycles. The summed E-state index contributed by atoms with van der Waals surface area (Å²) in [6, 6.07) is 8.42. The molecule has 13 heteroatoms. The van der Waals surface area contributed by atoms with Crippen molar-refractivity contribution in [1.82, 2.24) is 28.9 Å². The zero-order valence-corrected chi connectivity index (χ0v) is 20.7. The topological polar surface area (TPSA) is 123 Å². The second kappa shape index (κ2) is 9.53. The van der Waals surface area contributed by atoms with Crippen molar-refractivity contribution in [1.29, 1.82) is 5.26 Å². The van der Waals surface area contributed by atoms with Crippen LogP contribution in [0.1, 0.15) is 16.7 Å². The summed E-state index contributed by atoms with van der Waals surface area (Å²) < 4.78 is 31.6. The van der Waals surface area contributed by atoms with E-state index < -0.39 is 28.6 Å². The Morgan fingerprint density at radius 3 is 2.66 bits per heavy atom. The average Bonchev–Trinajstić information content (AvgIpc) is 3.22. The van der Waals surface area contributed by atoms with Gasteiger partial charge in [-0.15, -0.1) is 0 Å². The predicted molar refractivity (Wildman–Crippen MR) is 136 cm³/mol. The van der Waals surface area contributed by atoms with Gasteiger partial charge >= 0.3 is 11.4 Å². The fourth-order valence-electron chi connectivity index (χ4n) is 4.00. The SMILES string of the molecule is Cc1cncc(-n2c(=O)nc(Nc3cc4cn(C)nc4cc3Cl)n(Cc3cc(F)c(F)c(C#N)c3)c2=O)c1. The molecule has 0 aliphatic rings. The van der Waals surface area contributed by atoms with Gasteiger partial charge in [-0.3, -0.25) is 14.2 Å². The van der Waals surface area contributed by atoms with E-state index in [4.69, 9.17) is 11.6 Å². The van der Waals surface area contributed by atoms with Crippen molar-refractivity contribution < 1.29 is 8.78 Å². The van der Waals surface area contributed by atoms with Crippen LogP contribution in [0.25, 0.3) is 16.6 Å². The fourth-order valence-corrected chi connectivity index (χ4v) is 4.21. The lowest BCUT2D eigenvalue weighted by Gasteiger charge is -2.16. The summed E-state index contributed by atoms with van der Waals surface area (Å²) in [7, 11) is 1.75. The smallest absolute Gasteiger partial charge is 0.324 e. The Balaban J connectivity index is 1.70. The number of aryl methyl sites for hydroxylation is 2. The maximum Gasteiger partial charge on any atom is 0.359 e. The van der Waals surface area contributed by atoms with Gasteiger partial charge in [0, 0.05) is 24.8 Å². The molecule has 0 atom stereocenters. The zero-order valence-electron chi connectivity index (χ0n) is 19.9. The molecule has 38 heavy (non-hydrogen) atoms. The maximum atomic E-state index is 14.2. The lowest BCUT2D eigenvalue weighted by molar-refractivity contribution is 0.503. The van der Waals surface area contributed by atoms with E-state index in [-0.39, 0.29) is 28.8 Å². The Kier molecular flexibility index (Phi) is 6.22. The number of fused-ring (bicyclic) bond motifs is 1. The second-order valence-electron chi connectivity index (χ2n) is 8.51. The molecule has 0 saturated heterocycles. The summed E-state index contributed by atoms with van der Waals surface area (Å²) in [6.07, 6.45) is 4.63. The molecule has 0 fully saturated rings. The molecule has 0 radical (unpaired) electrons. The molecule has 0 saturated carbocycles. The lowest BCUT2D eigenvalue weighted by Crippen LogP contribution is -2.41. The molecule has 3 heterocycles. The molecule has 5 rings (SSSR count). The highest BCUT2D eigenvalue weighted by Gasteiger charge is 2.19. The quantitative estimate of drug-likeness (QED) is 0.365. The first-order chi connectivity index (χ1) is 18.1. The minimum absolute atomic E-state index is 0.0915. The Hall–Kier alpha value is -4.89. The van der Waals surface area contributed by atoms with Crippen molar-refractivity contribution in [2.75, 3.05) is 5.32 Å². The Bertz CT molecular complexity index is 1910. The van der Waals surface area contributed by atoms with Crippen LogP contribution in [0.15, 0.2) is 58.5 Å². The van der Waals surface area contributed by atoms with E-state index in [2.05, 4.69) is 20.4 Å². The van der Waals surface area contributed by atoms with E-state index in [1.807, 2.05) is 0 Å². The number of halogens is 3. The first kappa shape index (κ1) is 24.8. The lowest BCUT2D eigenvalue weighted by atomic mass is 10.1. The number of pyridine rings is 1. The largest absolute Gasteiger partial charge is 0.359 e. The average molecular weight is 535 g/mol. The number of hydrogen-bond acceptors (Lipinski definition) is 7. The second-order valence-corrected chi connectivity index (χ2v) is 8.92. The predicted octanol–water partition coefficient (Wildman–Crippen LogP) is 3.58. The van der Waals surface area contributed by atoms with Gasteiger partial charge < -0.3 is 5.32 Å². The van der Waals surface area contributed by atoms with Gasteiger partial charge in [-0.05, 0) is 48.4 Å². The van der Waals surface area contributed by atoms with Crippen LogP contribution in [0, 0.1) is 29.9 Å². The Morgan fingerprint density at radius 1 is 1.13 bits per heavy atom. The number of nitrogens with one attached hydrogen (secondary N) is 1. The zero-order chi connectivity index (χ0) is 27.1. The van der Waals surface area contributed by atoms with Crippen LogP contribution >= 0.6 is 11.6 Å². The van der Waals surface area contributed by atoms with Crippen LogP contribution in [0.3, 0.4) is 0 Å². The minimum atomic E-state index is -1.30. The normalized spacial score (nSPS) is 11.1. The molecular weight excluding hydrogens is 518 g/mol. The van der Waals surface area contributed by atoms with Gasteiger partial charge in [0.05, 0.1) is 40.2 Å². The van der Waals surface area contributed by atoms with Crippen LogP contribution in [0.4, 0.5) is 20.4 Å². The molecular formula is C25H17ClF2N8O2. The number of benzene rings is 2. The molecule has 0 amide bonds. The van der Waals surface area contributed by atoms with Crippen LogP contribution in [-0.2, 0) is 13.6 Å². The van der Waals surface area contributed by atoms with Gasteiger partial charge in [0.1, 0.15) is 6.07 Å². The Labute approximate surface area is 218 Å². The van der Waals surface area contributed by atoms with E-state index in [0.29, 0.717) is 16.8 Å². The van der Waals surface area contributed by atoms with E-state index in [0.717, 1.165) is 26.7 Å². The summed E-state index contributed by atoms with van der Waals surface area (Å²) in [5.41, 5.74) is -0.356. The van der Waals surface area contributed by atoms with E-state index in [9.17, 15) is 23.6 Å². The first-order valence-corrected chi connectivity index (χ1v) is 11.5. The number of rotatable bonds is 5. The monoisotopic (exact) mass is 534 g/mol. The van der Waals surface area contributed by atoms with Crippen molar-refractivity contribution in [2.45, 2.75) is 13.5 Å². The third kappa shape index (κ3) is 4.51. The summed E-state index contributed by atoms with van der Waals surface area (Å²) >= 11 is 6.43. The van der Waals surface area contributed by atoms with E-state index in [1.165, 1.54) is 6.20 Å². The highest BCUT2D eigenvalue weighted by Crippen LogP contribution is 2.29. The molecule has 10 nitrogen and oxygen atoms in total. The van der Waals surface area contributed by atoms with Gasteiger partial charge in [-0.25, -0.2) is 22.9 Å². The number of nitriles is 1. The third-order valence-corrected chi connectivity index (χ3v) is 6.01. The molecule has 0 aliphatic heterocycles. The van der Waals surface area contributed by atoms with Crippen molar-refractivity contribution >= 4 is 34.1 Å². The molecule has 0 unspecified atom stereocenters. The molecule has 2 aromatic carbocycles. The molecule has 0 bridgehead atoms. The van der Waals surface area contributed by atoms with E-state index >= 15 is 0 Å². The number of nitrogens with zero attached hydrogens (tertiary/aromatic N) is 7. The highest BCUT2D eigenvalue weighted by molar-refractivity contribution is 6.34. The van der Waals surface area contributed by atoms with Crippen LogP contribution < -0.4 is 16.7 Å². The standard InChI is InChI=1S/C25H17ClF2N8O2/c1-13-3-17(10-30-9-13)36-24(37)32-23(31-21-6-16-12-34(2)33-20(16)7-18(21)26)35(25(36)38)11-14-4-15(8-29)22(28)19(27)5-14/h3-7,9-10,12H,11H2,1-2H3,(H,31,32,37). The van der Waals surface area contributed by atoms with Crippen molar-refractivity contribution in [3.63, 3.8) is 0 Å². The van der Waals surface area contributed by atoms with Crippen molar-refractivity contribution in [3.8, 4) is 11.8 Å². The van der Waals surface area contributed by atoms with Gasteiger partial charge in [-0.2, -0.15) is 15.3 Å². The van der Waals surface area contributed by atoms with Crippen molar-refractivity contribution in [2.24, 2.45) is 7.05 Å². The van der Waals surface area contributed by atoms with Crippen LogP contribution in [0.5, 0.6) is 0 Å². The summed E-state index contributed by atoms with van der Waals surface area (Å²) in [5, 5.41) is 17.4. The van der Waals surface area contributed by atoms with Crippen LogP contribution in [-0.4, -0.2) is 28.9 Å². The Morgan fingerprint density at radius 2 is 1.92 bits per heavy atom. The molecule has 190 valence electrons. The maximum absolute atomic E-state index is 14.2. The molecule has 1 N–H and O–H groups in total. The van der Waals surface area contributed by atoms with Crippen LogP contribution in [0.2, 0.25) is 5.02 Å². The molecule has 0 spiro atoms. The van der Waals surface area contributed by atoms with Gasteiger partial charge in [-0.1, -0.05) is 11.6 Å². The minimum Gasteiger partial charge on any atom is -0.324 e. The number of anilines is 2. The first-order valence-electron chi connectivity index (χ1n) is 11.1. The summed E-state index contributed by atoms with van der Waals surface area (Å²) in [6.45, 7) is 1.39. The summed E-state index contributed by atoms with van der Waals surface area (Å²) in [5.74, 6) is -2.76.